The highest BCUT2D eigenvalue weighted by atomic mass is 35.5. The van der Waals surface area contributed by atoms with E-state index < -0.39 is 0 Å². The van der Waals surface area contributed by atoms with Gasteiger partial charge in [0.05, 0.1) is 0 Å². The van der Waals surface area contributed by atoms with Crippen LogP contribution in [0.2, 0.25) is 5.02 Å². The molecule has 1 aromatic rings. The SMILES string of the molecule is CSCCC(=O)NCc1ccc(Cl)cc1. The number of halogens is 1. The highest BCUT2D eigenvalue weighted by molar-refractivity contribution is 7.98. The Balaban J connectivity index is 2.30. The number of hydrogen-bond acceptors (Lipinski definition) is 2. The van der Waals surface area contributed by atoms with Gasteiger partial charge in [-0.2, -0.15) is 11.8 Å². The van der Waals surface area contributed by atoms with E-state index >= 15 is 0 Å². The van der Waals surface area contributed by atoms with Gasteiger partial charge in [0.15, 0.2) is 0 Å². The molecule has 15 heavy (non-hydrogen) atoms. The van der Waals surface area contributed by atoms with Crippen LogP contribution in [0.3, 0.4) is 0 Å². The summed E-state index contributed by atoms with van der Waals surface area (Å²) in [5.74, 6) is 0.964. The number of amides is 1. The lowest BCUT2D eigenvalue weighted by atomic mass is 10.2. The zero-order valence-electron chi connectivity index (χ0n) is 8.63. The summed E-state index contributed by atoms with van der Waals surface area (Å²) in [6.45, 7) is 0.574. The van der Waals surface area contributed by atoms with Gasteiger partial charge in [-0.05, 0) is 24.0 Å². The fourth-order valence-corrected chi connectivity index (χ4v) is 1.60. The Morgan fingerprint density at radius 3 is 2.67 bits per heavy atom. The number of rotatable bonds is 5. The predicted molar refractivity (Wildman–Crippen MR) is 66.3 cm³/mol. The Bertz CT molecular complexity index is 313. The van der Waals surface area contributed by atoms with Crippen molar-refractivity contribution in [2.45, 2.75) is 13.0 Å². The average Bonchev–Trinajstić information content (AvgIpc) is 2.25. The minimum Gasteiger partial charge on any atom is -0.352 e. The van der Waals surface area contributed by atoms with Crippen molar-refractivity contribution < 1.29 is 4.79 Å². The van der Waals surface area contributed by atoms with Crippen molar-refractivity contribution in [3.63, 3.8) is 0 Å². The molecule has 0 aliphatic rings. The molecular formula is C11H14ClNOS. The number of carbonyl (C=O) groups is 1. The minimum atomic E-state index is 0.0966. The lowest BCUT2D eigenvalue weighted by Crippen LogP contribution is -2.22. The largest absolute Gasteiger partial charge is 0.352 e. The molecule has 0 saturated carbocycles. The molecule has 0 aliphatic carbocycles. The van der Waals surface area contributed by atoms with Gasteiger partial charge in [-0.15, -0.1) is 0 Å². The smallest absolute Gasteiger partial charge is 0.221 e. The van der Waals surface area contributed by atoms with E-state index in [1.807, 2.05) is 30.5 Å². The van der Waals surface area contributed by atoms with Crippen LogP contribution in [0.25, 0.3) is 0 Å². The molecule has 1 N–H and O–H groups in total. The lowest BCUT2D eigenvalue weighted by molar-refractivity contribution is -0.120. The van der Waals surface area contributed by atoms with Crippen LogP contribution >= 0.6 is 23.4 Å². The van der Waals surface area contributed by atoms with E-state index in [0.29, 0.717) is 18.0 Å². The molecular weight excluding hydrogens is 230 g/mol. The normalized spacial score (nSPS) is 10.0. The molecule has 0 saturated heterocycles. The summed E-state index contributed by atoms with van der Waals surface area (Å²) in [4.78, 5) is 11.3. The van der Waals surface area contributed by atoms with Gasteiger partial charge < -0.3 is 5.32 Å². The third-order valence-corrected chi connectivity index (χ3v) is 2.80. The molecule has 0 spiro atoms. The van der Waals surface area contributed by atoms with Gasteiger partial charge in [0, 0.05) is 23.7 Å². The third-order valence-electron chi connectivity index (χ3n) is 1.94. The van der Waals surface area contributed by atoms with Crippen molar-refractivity contribution in [3.8, 4) is 0 Å². The van der Waals surface area contributed by atoms with Crippen LogP contribution in [0.5, 0.6) is 0 Å². The first-order valence-electron chi connectivity index (χ1n) is 4.72. The van der Waals surface area contributed by atoms with Crippen molar-refractivity contribution in [1.29, 1.82) is 0 Å². The number of nitrogens with one attached hydrogen (secondary N) is 1. The van der Waals surface area contributed by atoms with Gasteiger partial charge in [-0.1, -0.05) is 23.7 Å². The molecule has 0 fully saturated rings. The van der Waals surface area contributed by atoms with Crippen LogP contribution in [0.1, 0.15) is 12.0 Å². The van der Waals surface area contributed by atoms with Crippen LogP contribution in [0.4, 0.5) is 0 Å². The summed E-state index contributed by atoms with van der Waals surface area (Å²) in [6.07, 6.45) is 2.57. The molecule has 4 heteroatoms. The number of carbonyl (C=O) groups excluding carboxylic acids is 1. The molecule has 0 unspecified atom stereocenters. The Morgan fingerprint density at radius 2 is 2.07 bits per heavy atom. The molecule has 1 aromatic carbocycles. The highest BCUT2D eigenvalue weighted by Gasteiger charge is 2.00. The van der Waals surface area contributed by atoms with E-state index in [1.54, 1.807) is 11.8 Å². The molecule has 1 rings (SSSR count). The van der Waals surface area contributed by atoms with E-state index in [2.05, 4.69) is 5.32 Å². The summed E-state index contributed by atoms with van der Waals surface area (Å²) >= 11 is 7.43. The lowest BCUT2D eigenvalue weighted by Gasteiger charge is -2.04. The topological polar surface area (TPSA) is 29.1 Å². The van der Waals surface area contributed by atoms with Gasteiger partial charge in [0.1, 0.15) is 0 Å². The van der Waals surface area contributed by atoms with Crippen LogP contribution in [0, 0.1) is 0 Å². The van der Waals surface area contributed by atoms with Gasteiger partial charge in [0.2, 0.25) is 5.91 Å². The molecule has 2 nitrogen and oxygen atoms in total. The summed E-state index contributed by atoms with van der Waals surface area (Å²) in [5, 5.41) is 3.57. The molecule has 0 bridgehead atoms. The van der Waals surface area contributed by atoms with E-state index in [4.69, 9.17) is 11.6 Å². The number of benzene rings is 1. The second-order valence-corrected chi connectivity index (χ2v) is 4.57. The van der Waals surface area contributed by atoms with Crippen molar-refractivity contribution in [1.82, 2.24) is 5.32 Å². The Morgan fingerprint density at radius 1 is 1.40 bits per heavy atom. The van der Waals surface area contributed by atoms with E-state index in [-0.39, 0.29) is 5.91 Å². The van der Waals surface area contributed by atoms with E-state index in [1.165, 1.54) is 0 Å². The molecule has 0 radical (unpaired) electrons. The van der Waals surface area contributed by atoms with Crippen molar-refractivity contribution in [2.75, 3.05) is 12.0 Å². The summed E-state index contributed by atoms with van der Waals surface area (Å²) in [5.41, 5.74) is 1.07. The quantitative estimate of drug-likeness (QED) is 0.862. The second-order valence-electron chi connectivity index (χ2n) is 3.15. The maximum absolute atomic E-state index is 11.3. The molecule has 1 amide bonds. The van der Waals surface area contributed by atoms with Gasteiger partial charge in [0.25, 0.3) is 0 Å². The fourth-order valence-electron chi connectivity index (χ4n) is 1.09. The van der Waals surface area contributed by atoms with Crippen LogP contribution in [-0.4, -0.2) is 17.9 Å². The van der Waals surface area contributed by atoms with Gasteiger partial charge in [-0.3, -0.25) is 4.79 Å². The van der Waals surface area contributed by atoms with Crippen LogP contribution < -0.4 is 5.32 Å². The average molecular weight is 244 g/mol. The maximum atomic E-state index is 11.3. The standard InChI is InChI=1S/C11H14ClNOS/c1-15-7-6-11(14)13-8-9-2-4-10(12)5-3-9/h2-5H,6-8H2,1H3,(H,13,14). The predicted octanol–water partition coefficient (Wildman–Crippen LogP) is 2.71. The Hall–Kier alpha value is -0.670. The van der Waals surface area contributed by atoms with E-state index in [0.717, 1.165) is 11.3 Å². The fraction of sp³-hybridized carbons (Fsp3) is 0.364. The zero-order chi connectivity index (χ0) is 11.1. The zero-order valence-corrected chi connectivity index (χ0v) is 10.2. The van der Waals surface area contributed by atoms with Gasteiger partial charge in [-0.25, -0.2) is 0 Å². The van der Waals surface area contributed by atoms with Crippen LogP contribution in [0.15, 0.2) is 24.3 Å². The molecule has 0 atom stereocenters. The summed E-state index contributed by atoms with van der Waals surface area (Å²) in [7, 11) is 0. The van der Waals surface area contributed by atoms with Crippen molar-refractivity contribution in [3.05, 3.63) is 34.9 Å². The first-order chi connectivity index (χ1) is 7.22. The first-order valence-corrected chi connectivity index (χ1v) is 6.49. The first kappa shape index (κ1) is 12.4. The molecule has 0 aliphatic heterocycles. The Labute approximate surface area is 99.4 Å². The van der Waals surface area contributed by atoms with Gasteiger partial charge >= 0.3 is 0 Å². The minimum absolute atomic E-state index is 0.0966. The van der Waals surface area contributed by atoms with Crippen molar-refractivity contribution in [2.24, 2.45) is 0 Å². The molecule has 0 heterocycles. The number of hydrogen-bond donors (Lipinski definition) is 1. The van der Waals surface area contributed by atoms with E-state index in [9.17, 15) is 4.79 Å². The third kappa shape index (κ3) is 5.09. The molecule has 0 aromatic heterocycles. The highest BCUT2D eigenvalue weighted by Crippen LogP contribution is 2.09. The van der Waals surface area contributed by atoms with Crippen LogP contribution in [-0.2, 0) is 11.3 Å². The number of thioether (sulfide) groups is 1. The maximum Gasteiger partial charge on any atom is 0.221 e. The summed E-state index contributed by atoms with van der Waals surface area (Å²) in [6, 6.07) is 7.48. The summed E-state index contributed by atoms with van der Waals surface area (Å²) < 4.78 is 0. The molecule has 82 valence electrons. The Kier molecular flexibility index (Phi) is 5.58. The monoisotopic (exact) mass is 243 g/mol. The second kappa shape index (κ2) is 6.75. The van der Waals surface area contributed by atoms with Crippen molar-refractivity contribution >= 4 is 29.3 Å².